The molecule has 168 valence electrons. The molecule has 1 aliphatic rings. The first-order valence-electron chi connectivity index (χ1n) is 10.5. The lowest BCUT2D eigenvalue weighted by molar-refractivity contribution is -0.258. The van der Waals surface area contributed by atoms with Gasteiger partial charge in [0.15, 0.2) is 5.60 Å². The molecule has 3 nitrogen and oxygen atoms in total. The summed E-state index contributed by atoms with van der Waals surface area (Å²) in [7, 11) is 0. The first-order valence-corrected chi connectivity index (χ1v) is 10.5. The number of carbonyl (C=O) groups is 1. The lowest BCUT2D eigenvalue weighted by Crippen LogP contribution is -2.42. The number of nitrogens with zero attached hydrogens (tertiary/aromatic N) is 1. The first-order chi connectivity index (χ1) is 14.5. The number of rotatable bonds is 5. The minimum atomic E-state index is -4.81. The first kappa shape index (κ1) is 23.3. The van der Waals surface area contributed by atoms with Crippen molar-refractivity contribution >= 4 is 5.91 Å². The third-order valence-corrected chi connectivity index (χ3v) is 6.33. The van der Waals surface area contributed by atoms with Gasteiger partial charge in [0.05, 0.1) is 0 Å². The van der Waals surface area contributed by atoms with Crippen LogP contribution in [0.4, 0.5) is 17.6 Å². The SMILES string of the molecule is CCN(C(=O)c1ccc(C(C)(O)C(F)(F)F)cc1)C1CCC(c2ccc(F)cc2)CC1. The van der Waals surface area contributed by atoms with Gasteiger partial charge in [0.1, 0.15) is 5.82 Å². The molecule has 0 bridgehead atoms. The van der Waals surface area contributed by atoms with Gasteiger partial charge in [-0.3, -0.25) is 4.79 Å². The number of amides is 1. The zero-order valence-electron chi connectivity index (χ0n) is 17.6. The number of hydrogen-bond acceptors (Lipinski definition) is 2. The Kier molecular flexibility index (Phi) is 6.74. The van der Waals surface area contributed by atoms with E-state index in [1.165, 1.54) is 24.3 Å². The van der Waals surface area contributed by atoms with Gasteiger partial charge in [-0.15, -0.1) is 0 Å². The Bertz CT molecular complexity index is 883. The van der Waals surface area contributed by atoms with E-state index >= 15 is 0 Å². The van der Waals surface area contributed by atoms with E-state index in [0.29, 0.717) is 24.9 Å². The molecule has 0 radical (unpaired) electrons. The molecule has 1 aliphatic carbocycles. The lowest BCUT2D eigenvalue weighted by atomic mass is 9.81. The molecule has 3 rings (SSSR count). The van der Waals surface area contributed by atoms with Gasteiger partial charge in [-0.1, -0.05) is 24.3 Å². The zero-order chi connectivity index (χ0) is 22.8. The summed E-state index contributed by atoms with van der Waals surface area (Å²) in [4.78, 5) is 14.8. The van der Waals surface area contributed by atoms with Gasteiger partial charge in [-0.2, -0.15) is 13.2 Å². The summed E-state index contributed by atoms with van der Waals surface area (Å²) in [5, 5.41) is 9.80. The highest BCUT2D eigenvalue weighted by molar-refractivity contribution is 5.94. The van der Waals surface area contributed by atoms with E-state index in [9.17, 15) is 27.5 Å². The minimum absolute atomic E-state index is 0.0483. The fourth-order valence-corrected chi connectivity index (χ4v) is 4.29. The van der Waals surface area contributed by atoms with Crippen molar-refractivity contribution in [2.24, 2.45) is 0 Å². The number of alkyl halides is 3. The maximum Gasteiger partial charge on any atom is 0.421 e. The highest BCUT2D eigenvalue weighted by atomic mass is 19.4. The minimum Gasteiger partial charge on any atom is -0.376 e. The lowest BCUT2D eigenvalue weighted by Gasteiger charge is -2.36. The number of aliphatic hydroxyl groups is 1. The van der Waals surface area contributed by atoms with Crippen LogP contribution in [0.1, 0.15) is 66.9 Å². The van der Waals surface area contributed by atoms with Crippen LogP contribution in [-0.2, 0) is 5.60 Å². The van der Waals surface area contributed by atoms with E-state index in [-0.39, 0.29) is 23.3 Å². The predicted octanol–water partition coefficient (Wildman–Crippen LogP) is 5.78. The van der Waals surface area contributed by atoms with Crippen LogP contribution < -0.4 is 0 Å². The van der Waals surface area contributed by atoms with Crippen LogP contribution in [0.5, 0.6) is 0 Å². The van der Waals surface area contributed by atoms with Crippen molar-refractivity contribution in [2.75, 3.05) is 6.54 Å². The van der Waals surface area contributed by atoms with Gasteiger partial charge in [-0.25, -0.2) is 4.39 Å². The molecule has 1 amide bonds. The molecule has 1 atom stereocenters. The van der Waals surface area contributed by atoms with E-state index in [4.69, 9.17) is 0 Å². The van der Waals surface area contributed by atoms with Crippen LogP contribution in [0, 0.1) is 5.82 Å². The fraction of sp³-hybridized carbons (Fsp3) is 0.458. The Labute approximate surface area is 179 Å². The second-order valence-electron chi connectivity index (χ2n) is 8.30. The Morgan fingerprint density at radius 3 is 2.03 bits per heavy atom. The molecule has 2 aromatic carbocycles. The Balaban J connectivity index is 1.67. The summed E-state index contributed by atoms with van der Waals surface area (Å²) in [6, 6.07) is 11.6. The van der Waals surface area contributed by atoms with Crippen molar-refractivity contribution < 1.29 is 27.5 Å². The standard InChI is InChI=1S/C24H27F4NO2/c1-3-29(21-14-8-17(9-15-21)16-6-12-20(25)13-7-16)22(30)18-4-10-19(11-5-18)23(2,31)24(26,27)28/h4-7,10-13,17,21,31H,3,8-9,14-15H2,1-2H3. The Hall–Kier alpha value is -2.41. The number of hydrogen-bond donors (Lipinski definition) is 1. The third-order valence-electron chi connectivity index (χ3n) is 6.33. The molecule has 0 heterocycles. The molecule has 1 fully saturated rings. The molecular formula is C24H27F4NO2. The van der Waals surface area contributed by atoms with Gasteiger partial charge in [0.25, 0.3) is 5.91 Å². The monoisotopic (exact) mass is 437 g/mol. The summed E-state index contributed by atoms with van der Waals surface area (Å²) >= 11 is 0. The largest absolute Gasteiger partial charge is 0.421 e. The van der Waals surface area contributed by atoms with E-state index in [1.54, 1.807) is 17.0 Å². The summed E-state index contributed by atoms with van der Waals surface area (Å²) in [5.41, 5.74) is -1.89. The van der Waals surface area contributed by atoms with Gasteiger partial charge < -0.3 is 10.0 Å². The molecule has 0 aliphatic heterocycles. The van der Waals surface area contributed by atoms with Crippen molar-refractivity contribution in [3.63, 3.8) is 0 Å². The highest BCUT2D eigenvalue weighted by Gasteiger charge is 2.51. The van der Waals surface area contributed by atoms with Gasteiger partial charge in [0, 0.05) is 18.2 Å². The molecule has 1 saturated carbocycles. The molecule has 7 heteroatoms. The van der Waals surface area contributed by atoms with E-state index in [1.807, 2.05) is 6.92 Å². The maximum atomic E-state index is 13.2. The second-order valence-corrected chi connectivity index (χ2v) is 8.30. The number of benzene rings is 2. The molecule has 31 heavy (non-hydrogen) atoms. The maximum absolute atomic E-state index is 13.2. The molecule has 1 unspecified atom stereocenters. The summed E-state index contributed by atoms with van der Waals surface area (Å²) in [6.07, 6.45) is -1.43. The number of halogens is 4. The summed E-state index contributed by atoms with van der Waals surface area (Å²) in [6.45, 7) is 3.07. The summed E-state index contributed by atoms with van der Waals surface area (Å²) < 4.78 is 52.3. The molecular weight excluding hydrogens is 410 g/mol. The van der Waals surface area contributed by atoms with E-state index in [2.05, 4.69) is 0 Å². The van der Waals surface area contributed by atoms with Crippen molar-refractivity contribution in [1.29, 1.82) is 0 Å². The van der Waals surface area contributed by atoms with E-state index in [0.717, 1.165) is 43.4 Å². The molecule has 2 aromatic rings. The van der Waals surface area contributed by atoms with Crippen LogP contribution in [-0.4, -0.2) is 34.7 Å². The molecule has 0 aromatic heterocycles. The number of carbonyl (C=O) groups excluding carboxylic acids is 1. The average Bonchev–Trinajstić information content (AvgIpc) is 2.74. The van der Waals surface area contributed by atoms with E-state index < -0.39 is 11.8 Å². The van der Waals surface area contributed by atoms with Crippen molar-refractivity contribution in [1.82, 2.24) is 4.90 Å². The predicted molar refractivity (Wildman–Crippen MR) is 110 cm³/mol. The molecule has 0 saturated heterocycles. The normalized spacial score (nSPS) is 21.4. The van der Waals surface area contributed by atoms with Crippen LogP contribution in [0.15, 0.2) is 48.5 Å². The second kappa shape index (κ2) is 8.99. The van der Waals surface area contributed by atoms with Crippen LogP contribution in [0.25, 0.3) is 0 Å². The highest BCUT2D eigenvalue weighted by Crippen LogP contribution is 2.39. The zero-order valence-corrected chi connectivity index (χ0v) is 17.6. The molecule has 0 spiro atoms. The van der Waals surface area contributed by atoms with Crippen molar-refractivity contribution in [2.45, 2.75) is 63.3 Å². The third kappa shape index (κ3) is 4.92. The topological polar surface area (TPSA) is 40.5 Å². The smallest absolute Gasteiger partial charge is 0.376 e. The summed E-state index contributed by atoms with van der Waals surface area (Å²) in [5.74, 6) is -0.163. The van der Waals surface area contributed by atoms with Crippen LogP contribution in [0.3, 0.4) is 0 Å². The molecule has 1 N–H and O–H groups in total. The quantitative estimate of drug-likeness (QED) is 0.602. The average molecular weight is 437 g/mol. The fourth-order valence-electron chi connectivity index (χ4n) is 4.29. The van der Waals surface area contributed by atoms with Gasteiger partial charge in [0.2, 0.25) is 0 Å². The van der Waals surface area contributed by atoms with Gasteiger partial charge in [-0.05, 0) is 80.8 Å². The van der Waals surface area contributed by atoms with Crippen molar-refractivity contribution in [3.8, 4) is 0 Å². The van der Waals surface area contributed by atoms with Crippen LogP contribution >= 0.6 is 0 Å². The Morgan fingerprint density at radius 2 is 1.55 bits per heavy atom. The van der Waals surface area contributed by atoms with Crippen molar-refractivity contribution in [3.05, 3.63) is 71.0 Å². The Morgan fingerprint density at radius 1 is 1.00 bits per heavy atom. The van der Waals surface area contributed by atoms with Crippen LogP contribution in [0.2, 0.25) is 0 Å². The van der Waals surface area contributed by atoms with Gasteiger partial charge >= 0.3 is 6.18 Å².